The highest BCUT2D eigenvalue weighted by Crippen LogP contribution is 2.15. The molecule has 0 saturated carbocycles. The van der Waals surface area contributed by atoms with Crippen molar-refractivity contribution < 1.29 is 0 Å². The van der Waals surface area contributed by atoms with Crippen LogP contribution in [0.25, 0.3) is 11.4 Å². The molecular weight excluding hydrogens is 216 g/mol. The molecule has 88 valence electrons. The highest BCUT2D eigenvalue weighted by atomic mass is 16.1. The first-order chi connectivity index (χ1) is 8.10. The Hall–Kier alpha value is -2.01. The van der Waals surface area contributed by atoms with E-state index < -0.39 is 0 Å². The van der Waals surface area contributed by atoms with E-state index in [9.17, 15) is 4.79 Å². The normalized spacial score (nSPS) is 10.5. The minimum Gasteiger partial charge on any atom is -0.326 e. The van der Waals surface area contributed by atoms with Gasteiger partial charge in [0.1, 0.15) is 5.82 Å². The highest BCUT2D eigenvalue weighted by molar-refractivity contribution is 5.55. The average Bonchev–Trinajstić information content (AvgIpc) is 2.27. The standard InChI is InChI=1S/C12H14N4O/c1-7-3-9(4-8(2)15-7)11-14-6-10(5-13)12(17)16-11/h3-4,6H,5,13H2,1-2H3,(H,14,16,17). The SMILES string of the molecule is Cc1cc(-c2ncc(CN)c(=O)[nH]2)cc(C)n1. The van der Waals surface area contributed by atoms with Gasteiger partial charge in [0.2, 0.25) is 0 Å². The van der Waals surface area contributed by atoms with Gasteiger partial charge in [0, 0.05) is 35.3 Å². The van der Waals surface area contributed by atoms with Gasteiger partial charge in [0.15, 0.2) is 0 Å². The van der Waals surface area contributed by atoms with E-state index >= 15 is 0 Å². The summed E-state index contributed by atoms with van der Waals surface area (Å²) in [4.78, 5) is 22.8. The summed E-state index contributed by atoms with van der Waals surface area (Å²) in [6, 6.07) is 3.76. The molecule has 0 unspecified atom stereocenters. The number of nitrogens with zero attached hydrogens (tertiary/aromatic N) is 2. The van der Waals surface area contributed by atoms with E-state index in [1.165, 1.54) is 6.20 Å². The predicted molar refractivity (Wildman–Crippen MR) is 65.5 cm³/mol. The molecule has 0 aliphatic rings. The van der Waals surface area contributed by atoms with Crippen molar-refractivity contribution in [1.29, 1.82) is 0 Å². The van der Waals surface area contributed by atoms with Crippen LogP contribution in [0, 0.1) is 13.8 Å². The van der Waals surface area contributed by atoms with Gasteiger partial charge in [-0.3, -0.25) is 9.78 Å². The largest absolute Gasteiger partial charge is 0.326 e. The molecule has 0 bridgehead atoms. The van der Waals surface area contributed by atoms with Crippen molar-refractivity contribution >= 4 is 0 Å². The number of rotatable bonds is 2. The van der Waals surface area contributed by atoms with Crippen LogP contribution in [0.15, 0.2) is 23.1 Å². The fourth-order valence-corrected chi connectivity index (χ4v) is 1.68. The van der Waals surface area contributed by atoms with Gasteiger partial charge in [-0.1, -0.05) is 0 Å². The number of pyridine rings is 1. The Balaban J connectivity index is 2.53. The van der Waals surface area contributed by atoms with E-state index in [1.807, 2.05) is 26.0 Å². The number of aromatic nitrogens is 3. The predicted octanol–water partition coefficient (Wildman–Crippen LogP) is 0.907. The first-order valence-electron chi connectivity index (χ1n) is 5.34. The minimum absolute atomic E-state index is 0.190. The van der Waals surface area contributed by atoms with E-state index in [4.69, 9.17) is 5.73 Å². The van der Waals surface area contributed by atoms with Crippen molar-refractivity contribution in [2.45, 2.75) is 20.4 Å². The lowest BCUT2D eigenvalue weighted by Gasteiger charge is -2.04. The summed E-state index contributed by atoms with van der Waals surface area (Å²) in [6.07, 6.45) is 1.51. The van der Waals surface area contributed by atoms with Crippen molar-refractivity contribution in [3.63, 3.8) is 0 Å². The molecule has 0 aromatic carbocycles. The van der Waals surface area contributed by atoms with Gasteiger partial charge in [0.05, 0.1) is 0 Å². The lowest BCUT2D eigenvalue weighted by atomic mass is 10.2. The van der Waals surface area contributed by atoms with Crippen LogP contribution in [0.4, 0.5) is 0 Å². The van der Waals surface area contributed by atoms with Crippen molar-refractivity contribution in [3.05, 3.63) is 45.6 Å². The molecular formula is C12H14N4O. The maximum absolute atomic E-state index is 11.6. The Morgan fingerprint density at radius 3 is 2.47 bits per heavy atom. The zero-order valence-electron chi connectivity index (χ0n) is 9.82. The second-order valence-corrected chi connectivity index (χ2v) is 3.93. The molecule has 0 amide bonds. The fraction of sp³-hybridized carbons (Fsp3) is 0.250. The maximum Gasteiger partial charge on any atom is 0.255 e. The molecule has 0 saturated heterocycles. The van der Waals surface area contributed by atoms with Crippen LogP contribution in [-0.4, -0.2) is 15.0 Å². The molecule has 0 aliphatic heterocycles. The molecule has 5 nitrogen and oxygen atoms in total. The fourth-order valence-electron chi connectivity index (χ4n) is 1.68. The third-order valence-corrected chi connectivity index (χ3v) is 2.45. The van der Waals surface area contributed by atoms with Crippen molar-refractivity contribution in [1.82, 2.24) is 15.0 Å². The van der Waals surface area contributed by atoms with Gasteiger partial charge < -0.3 is 10.7 Å². The van der Waals surface area contributed by atoms with Crippen LogP contribution < -0.4 is 11.3 Å². The summed E-state index contributed by atoms with van der Waals surface area (Å²) < 4.78 is 0. The molecule has 5 heteroatoms. The van der Waals surface area contributed by atoms with Crippen LogP contribution in [0.2, 0.25) is 0 Å². The third kappa shape index (κ3) is 2.39. The number of hydrogen-bond donors (Lipinski definition) is 2. The smallest absolute Gasteiger partial charge is 0.255 e. The van der Waals surface area contributed by atoms with Gasteiger partial charge in [-0.15, -0.1) is 0 Å². The second kappa shape index (κ2) is 4.47. The van der Waals surface area contributed by atoms with Gasteiger partial charge in [-0.2, -0.15) is 0 Å². The Labute approximate surface area is 98.7 Å². The molecule has 2 heterocycles. The lowest BCUT2D eigenvalue weighted by molar-refractivity contribution is 0.977. The van der Waals surface area contributed by atoms with Crippen LogP contribution in [0.5, 0.6) is 0 Å². The van der Waals surface area contributed by atoms with E-state index in [1.54, 1.807) is 0 Å². The zero-order valence-corrected chi connectivity index (χ0v) is 9.82. The first-order valence-corrected chi connectivity index (χ1v) is 5.34. The minimum atomic E-state index is -0.190. The molecule has 0 radical (unpaired) electrons. The number of nitrogens with one attached hydrogen (secondary N) is 1. The van der Waals surface area contributed by atoms with Crippen LogP contribution in [0.1, 0.15) is 17.0 Å². The molecule has 0 atom stereocenters. The van der Waals surface area contributed by atoms with Crippen LogP contribution in [-0.2, 0) is 6.54 Å². The Morgan fingerprint density at radius 2 is 1.94 bits per heavy atom. The Bertz CT molecular complexity index is 583. The monoisotopic (exact) mass is 230 g/mol. The van der Waals surface area contributed by atoms with Gasteiger partial charge >= 0.3 is 0 Å². The molecule has 17 heavy (non-hydrogen) atoms. The molecule has 0 fully saturated rings. The van der Waals surface area contributed by atoms with E-state index in [0.29, 0.717) is 11.4 Å². The van der Waals surface area contributed by atoms with Crippen LogP contribution >= 0.6 is 0 Å². The van der Waals surface area contributed by atoms with Crippen LogP contribution in [0.3, 0.4) is 0 Å². The zero-order chi connectivity index (χ0) is 12.4. The topological polar surface area (TPSA) is 84.7 Å². The molecule has 3 N–H and O–H groups in total. The molecule has 2 aromatic rings. The van der Waals surface area contributed by atoms with Gasteiger partial charge in [0.25, 0.3) is 5.56 Å². The Morgan fingerprint density at radius 1 is 1.29 bits per heavy atom. The van der Waals surface area contributed by atoms with E-state index in [2.05, 4.69) is 15.0 Å². The second-order valence-electron chi connectivity index (χ2n) is 3.93. The molecule has 0 aliphatic carbocycles. The number of aromatic amines is 1. The summed E-state index contributed by atoms with van der Waals surface area (Å²) in [5, 5.41) is 0. The van der Waals surface area contributed by atoms with Crippen molar-refractivity contribution in [2.24, 2.45) is 5.73 Å². The lowest BCUT2D eigenvalue weighted by Crippen LogP contribution is -2.17. The van der Waals surface area contributed by atoms with Crippen molar-refractivity contribution in [2.75, 3.05) is 0 Å². The quantitative estimate of drug-likeness (QED) is 0.803. The average molecular weight is 230 g/mol. The summed E-state index contributed by atoms with van der Waals surface area (Å²) in [5.41, 5.74) is 8.36. The first kappa shape index (κ1) is 11.5. The number of nitrogens with two attached hydrogens (primary N) is 1. The third-order valence-electron chi connectivity index (χ3n) is 2.45. The summed E-state index contributed by atoms with van der Waals surface area (Å²) in [6.45, 7) is 4.00. The Kier molecular flexibility index (Phi) is 3.01. The number of H-pyrrole nitrogens is 1. The highest BCUT2D eigenvalue weighted by Gasteiger charge is 2.05. The maximum atomic E-state index is 11.6. The molecule has 2 aromatic heterocycles. The molecule has 0 spiro atoms. The summed E-state index contributed by atoms with van der Waals surface area (Å²) >= 11 is 0. The van der Waals surface area contributed by atoms with E-state index in [-0.39, 0.29) is 12.1 Å². The number of aryl methyl sites for hydroxylation is 2. The number of hydrogen-bond acceptors (Lipinski definition) is 4. The van der Waals surface area contributed by atoms with Gasteiger partial charge in [-0.05, 0) is 26.0 Å². The van der Waals surface area contributed by atoms with Crippen molar-refractivity contribution in [3.8, 4) is 11.4 Å². The van der Waals surface area contributed by atoms with E-state index in [0.717, 1.165) is 17.0 Å². The summed E-state index contributed by atoms with van der Waals surface area (Å²) in [5.74, 6) is 0.542. The summed E-state index contributed by atoms with van der Waals surface area (Å²) in [7, 11) is 0. The van der Waals surface area contributed by atoms with Gasteiger partial charge in [-0.25, -0.2) is 4.98 Å². The molecule has 2 rings (SSSR count).